The van der Waals surface area contributed by atoms with Crippen molar-refractivity contribution in [3.63, 3.8) is 0 Å². The topological polar surface area (TPSA) is 54.0 Å². The Labute approximate surface area is 109 Å². The molecule has 1 fully saturated rings. The Morgan fingerprint density at radius 1 is 1.59 bits per heavy atom. The highest BCUT2D eigenvalue weighted by atomic mass is 79.9. The maximum atomic E-state index is 12.0. The van der Waals surface area contributed by atoms with Crippen molar-refractivity contribution in [1.82, 2.24) is 15.6 Å². The molecule has 5 heteroatoms. The zero-order chi connectivity index (χ0) is 12.3. The third kappa shape index (κ3) is 3.26. The van der Waals surface area contributed by atoms with Gasteiger partial charge in [-0.3, -0.25) is 9.78 Å². The van der Waals surface area contributed by atoms with Crippen LogP contribution in [0.3, 0.4) is 0 Å². The molecule has 1 aliphatic rings. The van der Waals surface area contributed by atoms with Gasteiger partial charge in [-0.2, -0.15) is 0 Å². The molecular formula is C12H16BrN3O. The fourth-order valence-electron chi connectivity index (χ4n) is 2.02. The monoisotopic (exact) mass is 297 g/mol. The van der Waals surface area contributed by atoms with Crippen LogP contribution in [0.2, 0.25) is 0 Å². The second kappa shape index (κ2) is 5.60. The van der Waals surface area contributed by atoms with Crippen LogP contribution in [0.1, 0.15) is 23.7 Å². The van der Waals surface area contributed by atoms with Crippen LogP contribution < -0.4 is 10.6 Å². The summed E-state index contributed by atoms with van der Waals surface area (Å²) in [5.41, 5.74) is 0.602. The first-order valence-electron chi connectivity index (χ1n) is 5.79. The molecule has 1 amide bonds. The van der Waals surface area contributed by atoms with Crippen molar-refractivity contribution in [2.75, 3.05) is 13.1 Å². The highest BCUT2D eigenvalue weighted by Gasteiger charge is 2.23. The van der Waals surface area contributed by atoms with Gasteiger partial charge in [0.05, 0.1) is 5.56 Å². The minimum absolute atomic E-state index is 0.0439. The normalized spacial score (nSPS) is 24.4. The van der Waals surface area contributed by atoms with E-state index in [1.807, 2.05) is 0 Å². The first kappa shape index (κ1) is 12.5. The van der Waals surface area contributed by atoms with E-state index in [0.29, 0.717) is 11.5 Å². The molecule has 2 heterocycles. The Morgan fingerprint density at radius 3 is 3.12 bits per heavy atom. The lowest BCUT2D eigenvalue weighted by molar-refractivity contribution is 0.0914. The maximum absolute atomic E-state index is 12.0. The summed E-state index contributed by atoms with van der Waals surface area (Å²) in [7, 11) is 0. The summed E-state index contributed by atoms with van der Waals surface area (Å²) in [6.45, 7) is 4.07. The molecule has 0 radical (unpaired) electrons. The highest BCUT2D eigenvalue weighted by Crippen LogP contribution is 2.13. The van der Waals surface area contributed by atoms with Gasteiger partial charge < -0.3 is 10.6 Å². The molecule has 0 aromatic carbocycles. The number of carbonyl (C=O) groups excluding carboxylic acids is 1. The summed E-state index contributed by atoms with van der Waals surface area (Å²) in [4.78, 5) is 16.0. The van der Waals surface area contributed by atoms with Crippen molar-refractivity contribution in [1.29, 1.82) is 0 Å². The first-order valence-corrected chi connectivity index (χ1v) is 6.58. The van der Waals surface area contributed by atoms with Gasteiger partial charge in [-0.25, -0.2) is 0 Å². The fourth-order valence-corrected chi connectivity index (χ4v) is 2.38. The van der Waals surface area contributed by atoms with Crippen LogP contribution in [0.25, 0.3) is 0 Å². The predicted octanol–water partition coefficient (Wildman–Crippen LogP) is 1.57. The van der Waals surface area contributed by atoms with E-state index >= 15 is 0 Å². The lowest BCUT2D eigenvalue weighted by atomic mass is 9.95. The van der Waals surface area contributed by atoms with Crippen molar-refractivity contribution in [3.8, 4) is 0 Å². The van der Waals surface area contributed by atoms with E-state index in [0.717, 1.165) is 24.0 Å². The summed E-state index contributed by atoms with van der Waals surface area (Å²) in [5, 5.41) is 6.39. The molecule has 1 aromatic heterocycles. The molecule has 0 saturated carbocycles. The highest BCUT2D eigenvalue weighted by molar-refractivity contribution is 9.10. The molecule has 0 bridgehead atoms. The second-order valence-electron chi connectivity index (χ2n) is 4.44. The van der Waals surface area contributed by atoms with Crippen molar-refractivity contribution in [2.45, 2.75) is 19.4 Å². The maximum Gasteiger partial charge on any atom is 0.253 e. The molecular weight excluding hydrogens is 282 g/mol. The smallest absolute Gasteiger partial charge is 0.253 e. The molecule has 0 spiro atoms. The lowest BCUT2D eigenvalue weighted by Crippen LogP contribution is -2.48. The van der Waals surface area contributed by atoms with Crippen LogP contribution in [-0.4, -0.2) is 30.0 Å². The number of pyridine rings is 1. The van der Waals surface area contributed by atoms with Crippen LogP contribution in [-0.2, 0) is 0 Å². The first-order chi connectivity index (χ1) is 8.16. The van der Waals surface area contributed by atoms with Crippen LogP contribution in [0.5, 0.6) is 0 Å². The number of piperidine rings is 1. The average molecular weight is 298 g/mol. The third-order valence-electron chi connectivity index (χ3n) is 3.07. The second-order valence-corrected chi connectivity index (χ2v) is 5.36. The quantitative estimate of drug-likeness (QED) is 0.871. The van der Waals surface area contributed by atoms with Gasteiger partial charge in [0.2, 0.25) is 0 Å². The van der Waals surface area contributed by atoms with E-state index in [2.05, 4.69) is 38.5 Å². The summed E-state index contributed by atoms with van der Waals surface area (Å²) in [6.07, 6.45) is 4.24. The molecule has 2 rings (SSSR count). The van der Waals surface area contributed by atoms with Crippen LogP contribution in [0.4, 0.5) is 0 Å². The molecule has 1 saturated heterocycles. The molecule has 17 heavy (non-hydrogen) atoms. The van der Waals surface area contributed by atoms with Crippen LogP contribution in [0, 0.1) is 5.92 Å². The van der Waals surface area contributed by atoms with Crippen molar-refractivity contribution in [3.05, 3.63) is 28.5 Å². The number of hydrogen-bond donors (Lipinski definition) is 2. The molecule has 92 valence electrons. The zero-order valence-electron chi connectivity index (χ0n) is 9.74. The van der Waals surface area contributed by atoms with E-state index in [9.17, 15) is 4.79 Å². The van der Waals surface area contributed by atoms with Crippen LogP contribution >= 0.6 is 15.9 Å². The van der Waals surface area contributed by atoms with Crippen molar-refractivity contribution in [2.24, 2.45) is 5.92 Å². The summed E-state index contributed by atoms with van der Waals surface area (Å²) < 4.78 is 0.823. The standard InChI is InChI=1S/C12H16BrN3O/c1-8-5-14-3-2-11(8)16-12(17)9-4-10(13)7-15-6-9/h4,6-8,11,14H,2-3,5H2,1H3,(H,16,17). The van der Waals surface area contributed by atoms with Crippen molar-refractivity contribution < 1.29 is 4.79 Å². The lowest BCUT2D eigenvalue weighted by Gasteiger charge is -2.30. The molecule has 0 aliphatic carbocycles. The average Bonchev–Trinajstić information content (AvgIpc) is 2.32. The number of amides is 1. The molecule has 4 nitrogen and oxygen atoms in total. The molecule has 1 aliphatic heterocycles. The summed E-state index contributed by atoms with van der Waals surface area (Å²) in [6, 6.07) is 2.04. The summed E-state index contributed by atoms with van der Waals surface area (Å²) in [5.74, 6) is 0.422. The van der Waals surface area contributed by atoms with Gasteiger partial charge >= 0.3 is 0 Å². The Morgan fingerprint density at radius 2 is 2.41 bits per heavy atom. The van der Waals surface area contributed by atoms with E-state index in [4.69, 9.17) is 0 Å². The van der Waals surface area contributed by atoms with E-state index < -0.39 is 0 Å². The Hall–Kier alpha value is -0.940. The number of aromatic nitrogens is 1. The minimum atomic E-state index is -0.0439. The number of hydrogen-bond acceptors (Lipinski definition) is 3. The van der Waals surface area contributed by atoms with Gasteiger partial charge in [0.25, 0.3) is 5.91 Å². The number of halogens is 1. The van der Waals surface area contributed by atoms with Gasteiger partial charge in [0.15, 0.2) is 0 Å². The van der Waals surface area contributed by atoms with E-state index in [1.165, 1.54) is 0 Å². The van der Waals surface area contributed by atoms with Gasteiger partial charge in [0.1, 0.15) is 0 Å². The molecule has 2 atom stereocenters. The number of carbonyl (C=O) groups is 1. The third-order valence-corrected chi connectivity index (χ3v) is 3.50. The largest absolute Gasteiger partial charge is 0.349 e. The Kier molecular flexibility index (Phi) is 4.12. The molecule has 1 aromatic rings. The molecule has 2 N–H and O–H groups in total. The van der Waals surface area contributed by atoms with Gasteiger partial charge in [0, 0.05) is 22.9 Å². The van der Waals surface area contributed by atoms with Crippen LogP contribution in [0.15, 0.2) is 22.9 Å². The fraction of sp³-hybridized carbons (Fsp3) is 0.500. The van der Waals surface area contributed by atoms with E-state index in [-0.39, 0.29) is 11.9 Å². The summed E-state index contributed by atoms with van der Waals surface area (Å²) >= 11 is 3.32. The van der Waals surface area contributed by atoms with Gasteiger partial charge in [-0.15, -0.1) is 0 Å². The number of nitrogens with zero attached hydrogens (tertiary/aromatic N) is 1. The zero-order valence-corrected chi connectivity index (χ0v) is 11.3. The minimum Gasteiger partial charge on any atom is -0.349 e. The SMILES string of the molecule is CC1CNCCC1NC(=O)c1cncc(Br)c1. The van der Waals surface area contributed by atoms with Gasteiger partial charge in [-0.05, 0) is 47.4 Å². The van der Waals surface area contributed by atoms with Gasteiger partial charge in [-0.1, -0.05) is 6.92 Å². The Balaban J connectivity index is 2.01. The Bertz CT molecular complexity index is 410. The molecule has 2 unspecified atom stereocenters. The predicted molar refractivity (Wildman–Crippen MR) is 69.8 cm³/mol. The van der Waals surface area contributed by atoms with E-state index in [1.54, 1.807) is 18.5 Å². The number of nitrogens with one attached hydrogen (secondary N) is 2. The number of rotatable bonds is 2. The van der Waals surface area contributed by atoms with Crippen molar-refractivity contribution >= 4 is 21.8 Å².